The van der Waals surface area contributed by atoms with Gasteiger partial charge in [-0.25, -0.2) is 9.37 Å². The van der Waals surface area contributed by atoms with Gasteiger partial charge in [-0.2, -0.15) is 10.1 Å². The van der Waals surface area contributed by atoms with E-state index in [-0.39, 0.29) is 11.7 Å². The van der Waals surface area contributed by atoms with Crippen LogP contribution >= 0.6 is 0 Å². The molecule has 5 rings (SSSR count). The molecule has 160 valence electrons. The third-order valence-corrected chi connectivity index (χ3v) is 6.01. The fraction of sp³-hybridized carbons (Fsp3) is 0.364. The van der Waals surface area contributed by atoms with Crippen LogP contribution in [0.1, 0.15) is 41.4 Å². The molecule has 1 fully saturated rings. The second-order valence-corrected chi connectivity index (χ2v) is 8.23. The summed E-state index contributed by atoms with van der Waals surface area (Å²) in [5.74, 6) is 2.23. The summed E-state index contributed by atoms with van der Waals surface area (Å²) in [6.07, 6.45) is 4.11. The number of halogens is 1. The van der Waals surface area contributed by atoms with Crippen molar-refractivity contribution >= 4 is 23.5 Å². The molecule has 3 aromatic rings. The Bertz CT molecular complexity index is 1090. The van der Waals surface area contributed by atoms with E-state index in [0.717, 1.165) is 54.9 Å². The highest BCUT2D eigenvalue weighted by Crippen LogP contribution is 2.31. The van der Waals surface area contributed by atoms with Gasteiger partial charge in [-0.05, 0) is 49.1 Å². The molecule has 4 heterocycles. The SMILES string of the molecule is CC1CCN(c2nccc(N3Cc4n[nH]c(NC(=O)c5ccc(F)cc5)c4C3)n2)CC1. The zero-order valence-electron chi connectivity index (χ0n) is 17.3. The molecule has 31 heavy (non-hydrogen) atoms. The Morgan fingerprint density at radius 2 is 1.90 bits per heavy atom. The molecule has 1 amide bonds. The van der Waals surface area contributed by atoms with Gasteiger partial charge in [-0.3, -0.25) is 9.89 Å². The topological polar surface area (TPSA) is 90.0 Å². The number of fused-ring (bicyclic) bond motifs is 1. The maximum Gasteiger partial charge on any atom is 0.256 e. The number of aromatic amines is 1. The molecule has 0 radical (unpaired) electrons. The molecule has 0 unspecified atom stereocenters. The third-order valence-electron chi connectivity index (χ3n) is 6.01. The lowest BCUT2D eigenvalue weighted by atomic mass is 10.00. The number of nitrogens with one attached hydrogen (secondary N) is 2. The number of H-pyrrole nitrogens is 1. The Hall–Kier alpha value is -3.49. The number of piperidine rings is 1. The molecule has 2 aliphatic rings. The average Bonchev–Trinajstić information content (AvgIpc) is 3.37. The summed E-state index contributed by atoms with van der Waals surface area (Å²) in [5, 5.41) is 10.1. The second-order valence-electron chi connectivity index (χ2n) is 8.23. The van der Waals surface area contributed by atoms with Gasteiger partial charge in [0.05, 0.1) is 18.8 Å². The molecule has 2 aliphatic heterocycles. The van der Waals surface area contributed by atoms with Crippen LogP contribution in [0.2, 0.25) is 0 Å². The first-order valence-corrected chi connectivity index (χ1v) is 10.5. The van der Waals surface area contributed by atoms with Gasteiger partial charge >= 0.3 is 0 Å². The molecule has 0 bridgehead atoms. The van der Waals surface area contributed by atoms with Crippen molar-refractivity contribution in [2.45, 2.75) is 32.9 Å². The Kier molecular flexibility index (Phi) is 5.01. The van der Waals surface area contributed by atoms with E-state index in [9.17, 15) is 9.18 Å². The van der Waals surface area contributed by atoms with Crippen molar-refractivity contribution in [2.24, 2.45) is 5.92 Å². The van der Waals surface area contributed by atoms with Crippen LogP contribution < -0.4 is 15.1 Å². The number of amides is 1. The summed E-state index contributed by atoms with van der Waals surface area (Å²) in [6.45, 7) is 5.43. The minimum atomic E-state index is -0.377. The molecule has 1 saturated heterocycles. The summed E-state index contributed by atoms with van der Waals surface area (Å²) in [5.41, 5.74) is 2.19. The number of hydrogen-bond acceptors (Lipinski definition) is 6. The second kappa shape index (κ2) is 7.98. The predicted molar refractivity (Wildman–Crippen MR) is 115 cm³/mol. The Balaban J connectivity index is 1.29. The standard InChI is InChI=1S/C22H24FN7O/c1-14-7-10-29(11-8-14)22-24-9-6-19(25-22)30-12-17-18(13-30)27-28-20(17)26-21(31)15-2-4-16(23)5-3-15/h2-6,9,14H,7-8,10-13H2,1H3,(H2,26,27,28,31). The van der Waals surface area contributed by atoms with Gasteiger partial charge in [0.2, 0.25) is 5.95 Å². The summed E-state index contributed by atoms with van der Waals surface area (Å²) in [4.78, 5) is 26.1. The maximum atomic E-state index is 13.1. The van der Waals surface area contributed by atoms with Crippen LogP contribution in [0.15, 0.2) is 36.5 Å². The number of anilines is 3. The molecule has 0 saturated carbocycles. The molecule has 8 nitrogen and oxygen atoms in total. The zero-order chi connectivity index (χ0) is 21.4. The first-order valence-electron chi connectivity index (χ1n) is 10.5. The van der Waals surface area contributed by atoms with Crippen LogP contribution in [0.25, 0.3) is 0 Å². The quantitative estimate of drug-likeness (QED) is 0.672. The summed E-state index contributed by atoms with van der Waals surface area (Å²) >= 11 is 0. The van der Waals surface area contributed by atoms with Crippen molar-refractivity contribution in [3.8, 4) is 0 Å². The van der Waals surface area contributed by atoms with Crippen LogP contribution in [-0.4, -0.2) is 39.2 Å². The largest absolute Gasteiger partial charge is 0.346 e. The van der Waals surface area contributed by atoms with E-state index in [1.165, 1.54) is 24.3 Å². The first-order chi connectivity index (χ1) is 15.1. The molecule has 0 atom stereocenters. The van der Waals surface area contributed by atoms with Gasteiger partial charge in [0.15, 0.2) is 0 Å². The summed E-state index contributed by atoms with van der Waals surface area (Å²) in [7, 11) is 0. The molecule has 0 aliphatic carbocycles. The first kappa shape index (κ1) is 19.5. The number of carbonyl (C=O) groups is 1. The van der Waals surface area contributed by atoms with E-state index in [0.29, 0.717) is 24.5 Å². The minimum Gasteiger partial charge on any atom is -0.346 e. The highest BCUT2D eigenvalue weighted by Gasteiger charge is 2.28. The van der Waals surface area contributed by atoms with Crippen LogP contribution in [-0.2, 0) is 13.1 Å². The van der Waals surface area contributed by atoms with Crippen molar-refractivity contribution in [3.05, 3.63) is 59.2 Å². The lowest BCUT2D eigenvalue weighted by molar-refractivity contribution is 0.102. The normalized spacial score (nSPS) is 16.5. The fourth-order valence-electron chi connectivity index (χ4n) is 4.06. The van der Waals surface area contributed by atoms with E-state index >= 15 is 0 Å². The Morgan fingerprint density at radius 1 is 1.13 bits per heavy atom. The highest BCUT2D eigenvalue weighted by molar-refractivity contribution is 6.04. The zero-order valence-corrected chi connectivity index (χ0v) is 17.3. The van der Waals surface area contributed by atoms with E-state index < -0.39 is 0 Å². The molecular weight excluding hydrogens is 397 g/mol. The monoisotopic (exact) mass is 421 g/mol. The molecule has 2 aromatic heterocycles. The molecule has 9 heteroatoms. The summed E-state index contributed by atoms with van der Waals surface area (Å²) < 4.78 is 13.1. The van der Waals surface area contributed by atoms with Gasteiger partial charge in [-0.1, -0.05) is 6.92 Å². The van der Waals surface area contributed by atoms with Crippen LogP contribution in [0.3, 0.4) is 0 Å². The number of hydrogen-bond donors (Lipinski definition) is 2. The number of carbonyl (C=O) groups excluding carboxylic acids is 1. The fourth-order valence-corrected chi connectivity index (χ4v) is 4.06. The van der Waals surface area contributed by atoms with Crippen LogP contribution in [0, 0.1) is 11.7 Å². The van der Waals surface area contributed by atoms with Gasteiger partial charge in [0.25, 0.3) is 5.91 Å². The molecule has 2 N–H and O–H groups in total. The lowest BCUT2D eigenvalue weighted by Crippen LogP contribution is -2.34. The Labute approximate surface area is 179 Å². The smallest absolute Gasteiger partial charge is 0.256 e. The van der Waals surface area contributed by atoms with Crippen molar-refractivity contribution < 1.29 is 9.18 Å². The lowest BCUT2D eigenvalue weighted by Gasteiger charge is -2.30. The molecular formula is C22H24FN7O. The Morgan fingerprint density at radius 3 is 2.68 bits per heavy atom. The number of rotatable bonds is 4. The van der Waals surface area contributed by atoms with E-state index in [1.807, 2.05) is 6.07 Å². The highest BCUT2D eigenvalue weighted by atomic mass is 19.1. The van der Waals surface area contributed by atoms with E-state index in [4.69, 9.17) is 4.98 Å². The van der Waals surface area contributed by atoms with Gasteiger partial charge in [0, 0.05) is 30.4 Å². The number of benzene rings is 1. The van der Waals surface area contributed by atoms with Crippen LogP contribution in [0.5, 0.6) is 0 Å². The van der Waals surface area contributed by atoms with Crippen molar-refractivity contribution in [1.29, 1.82) is 0 Å². The van der Waals surface area contributed by atoms with Crippen molar-refractivity contribution in [3.63, 3.8) is 0 Å². The van der Waals surface area contributed by atoms with Crippen molar-refractivity contribution in [1.82, 2.24) is 20.2 Å². The van der Waals surface area contributed by atoms with E-state index in [2.05, 4.69) is 37.2 Å². The minimum absolute atomic E-state index is 0.312. The van der Waals surface area contributed by atoms with Crippen LogP contribution in [0.4, 0.5) is 22.0 Å². The van der Waals surface area contributed by atoms with E-state index in [1.54, 1.807) is 6.20 Å². The maximum absolute atomic E-state index is 13.1. The molecule has 1 aromatic carbocycles. The third kappa shape index (κ3) is 3.95. The van der Waals surface area contributed by atoms with Crippen molar-refractivity contribution in [2.75, 3.05) is 28.2 Å². The molecule has 0 spiro atoms. The van der Waals surface area contributed by atoms with Gasteiger partial charge < -0.3 is 15.1 Å². The predicted octanol–water partition coefficient (Wildman–Crippen LogP) is 3.35. The van der Waals surface area contributed by atoms with Gasteiger partial charge in [0.1, 0.15) is 17.5 Å². The summed E-state index contributed by atoms with van der Waals surface area (Å²) in [6, 6.07) is 7.35. The number of nitrogens with zero attached hydrogens (tertiary/aromatic N) is 5. The average molecular weight is 421 g/mol. The van der Waals surface area contributed by atoms with Gasteiger partial charge in [-0.15, -0.1) is 0 Å². The number of aromatic nitrogens is 4.